The second-order valence-electron chi connectivity index (χ2n) is 13.5. The molecule has 192 valence electrons. The van der Waals surface area contributed by atoms with Crippen molar-refractivity contribution in [1.82, 2.24) is 0 Å². The fourth-order valence-corrected chi connectivity index (χ4v) is 4.76. The molecule has 0 fully saturated rings. The van der Waals surface area contributed by atoms with Crippen molar-refractivity contribution in [3.63, 3.8) is 0 Å². The molecule has 1 heteroatoms. The second kappa shape index (κ2) is 9.53. The Morgan fingerprint density at radius 3 is 0.919 bits per heavy atom. The molecule has 0 radical (unpaired) electrons. The highest BCUT2D eigenvalue weighted by molar-refractivity contribution is 5.93. The summed E-state index contributed by atoms with van der Waals surface area (Å²) in [6.45, 7) is 20.2. The van der Waals surface area contributed by atoms with Crippen molar-refractivity contribution in [1.29, 1.82) is 0 Å². The topological polar surface area (TPSA) is 26.0 Å². The molecule has 1 nitrogen and oxygen atoms in total. The summed E-state index contributed by atoms with van der Waals surface area (Å²) >= 11 is 0. The number of nitrogen functional groups attached to an aromatic ring is 1. The van der Waals surface area contributed by atoms with Gasteiger partial charge in [-0.25, -0.2) is 0 Å². The summed E-state index contributed by atoms with van der Waals surface area (Å²) in [6.07, 6.45) is 0. The highest BCUT2D eigenvalue weighted by Gasteiger charge is 2.18. The average molecular weight is 490 g/mol. The lowest BCUT2D eigenvalue weighted by molar-refractivity contribution is 0.590. The van der Waals surface area contributed by atoms with Crippen LogP contribution in [0.15, 0.2) is 84.9 Å². The molecule has 0 aliphatic heterocycles. The maximum Gasteiger partial charge on any atom is 0.0473 e. The van der Waals surface area contributed by atoms with Crippen LogP contribution in [0.4, 0.5) is 5.69 Å². The number of benzene rings is 4. The minimum Gasteiger partial charge on any atom is -0.398 e. The van der Waals surface area contributed by atoms with Crippen LogP contribution in [0.2, 0.25) is 0 Å². The fourth-order valence-electron chi connectivity index (χ4n) is 4.76. The van der Waals surface area contributed by atoms with E-state index in [9.17, 15) is 0 Å². The predicted molar refractivity (Wildman–Crippen MR) is 163 cm³/mol. The fraction of sp³-hybridized carbons (Fsp3) is 0.333. The third-order valence-corrected chi connectivity index (χ3v) is 7.39. The normalized spacial score (nSPS) is 12.6. The van der Waals surface area contributed by atoms with Crippen LogP contribution in [0.5, 0.6) is 0 Å². The van der Waals surface area contributed by atoms with Gasteiger partial charge in [-0.3, -0.25) is 0 Å². The Morgan fingerprint density at radius 2 is 0.649 bits per heavy atom. The number of anilines is 1. The average Bonchev–Trinajstić information content (AvgIpc) is 2.83. The summed E-state index contributed by atoms with van der Waals surface area (Å²) in [7, 11) is 0. The van der Waals surface area contributed by atoms with Crippen LogP contribution in [0.3, 0.4) is 0 Å². The third kappa shape index (κ3) is 5.82. The molecule has 0 spiro atoms. The van der Waals surface area contributed by atoms with Gasteiger partial charge < -0.3 is 5.73 Å². The minimum atomic E-state index is 0.112. The van der Waals surface area contributed by atoms with Gasteiger partial charge in [0, 0.05) is 16.8 Å². The van der Waals surface area contributed by atoms with Crippen molar-refractivity contribution in [3.05, 3.63) is 102 Å². The molecule has 0 bridgehead atoms. The van der Waals surface area contributed by atoms with Gasteiger partial charge in [-0.2, -0.15) is 0 Å². The van der Waals surface area contributed by atoms with E-state index in [4.69, 9.17) is 5.73 Å². The highest BCUT2D eigenvalue weighted by Crippen LogP contribution is 2.40. The van der Waals surface area contributed by atoms with Crippen LogP contribution in [0, 0.1) is 0 Å². The van der Waals surface area contributed by atoms with Crippen LogP contribution in [-0.2, 0) is 16.2 Å². The molecule has 0 aliphatic carbocycles. The third-order valence-electron chi connectivity index (χ3n) is 7.39. The van der Waals surface area contributed by atoms with Crippen LogP contribution in [-0.4, -0.2) is 0 Å². The lowest BCUT2D eigenvalue weighted by atomic mass is 9.84. The van der Waals surface area contributed by atoms with E-state index in [1.54, 1.807) is 0 Å². The molecule has 0 saturated heterocycles. The van der Waals surface area contributed by atoms with Gasteiger partial charge >= 0.3 is 0 Å². The quantitative estimate of drug-likeness (QED) is 0.285. The van der Waals surface area contributed by atoms with Crippen LogP contribution in [0.1, 0.15) is 79.0 Å². The molecule has 0 saturated carbocycles. The first-order valence-corrected chi connectivity index (χ1v) is 13.4. The van der Waals surface area contributed by atoms with Crippen molar-refractivity contribution < 1.29 is 0 Å². The van der Waals surface area contributed by atoms with Crippen molar-refractivity contribution in [2.45, 2.75) is 78.6 Å². The van der Waals surface area contributed by atoms with Crippen LogP contribution < -0.4 is 5.73 Å². The van der Waals surface area contributed by atoms with Crippen LogP contribution in [0.25, 0.3) is 33.4 Å². The summed E-state index contributed by atoms with van der Waals surface area (Å²) in [6, 6.07) is 31.3. The molecule has 0 amide bonds. The standard InChI is InChI=1S/C36H43N/c1-34(2,3)28-16-10-24(11-17-28)27-22-31(25-12-18-29(19-13-25)35(4,5)6)33(37)32(23-27)26-14-20-30(21-15-26)36(7,8)9/h10-23H,37H2,1-9H3. The van der Waals surface area contributed by atoms with E-state index >= 15 is 0 Å². The zero-order valence-electron chi connectivity index (χ0n) is 24.2. The molecular weight excluding hydrogens is 446 g/mol. The van der Waals surface area contributed by atoms with Crippen LogP contribution >= 0.6 is 0 Å². The molecule has 0 unspecified atom stereocenters. The maximum atomic E-state index is 6.92. The Kier molecular flexibility index (Phi) is 6.88. The minimum absolute atomic E-state index is 0.112. The monoisotopic (exact) mass is 489 g/mol. The summed E-state index contributed by atoms with van der Waals surface area (Å²) < 4.78 is 0. The van der Waals surface area contributed by atoms with Crippen molar-refractivity contribution in [2.24, 2.45) is 0 Å². The molecule has 4 rings (SSSR count). The summed E-state index contributed by atoms with van der Waals surface area (Å²) in [5.74, 6) is 0. The molecule has 2 N–H and O–H groups in total. The molecular formula is C36H43N. The summed E-state index contributed by atoms with van der Waals surface area (Å²) in [4.78, 5) is 0. The molecule has 0 atom stereocenters. The van der Waals surface area contributed by atoms with E-state index in [-0.39, 0.29) is 16.2 Å². The number of hydrogen-bond donors (Lipinski definition) is 1. The first-order valence-electron chi connectivity index (χ1n) is 13.4. The maximum absolute atomic E-state index is 6.92. The summed E-state index contributed by atoms with van der Waals surface area (Å²) in [5.41, 5.74) is 18.9. The van der Waals surface area contributed by atoms with Gasteiger partial charge in [-0.15, -0.1) is 0 Å². The molecule has 0 aliphatic rings. The van der Waals surface area contributed by atoms with E-state index in [2.05, 4.69) is 147 Å². The van der Waals surface area contributed by atoms with Gasteiger partial charge in [0.1, 0.15) is 0 Å². The lowest BCUT2D eigenvalue weighted by Gasteiger charge is -2.21. The highest BCUT2D eigenvalue weighted by atomic mass is 14.6. The Labute approximate surface area is 224 Å². The molecule has 4 aromatic rings. The smallest absolute Gasteiger partial charge is 0.0473 e. The SMILES string of the molecule is CC(C)(C)c1ccc(-c2cc(-c3ccc(C(C)(C)C)cc3)c(N)c(-c3ccc(C(C)(C)C)cc3)c2)cc1. The van der Waals surface area contributed by atoms with Gasteiger partial charge in [-0.05, 0) is 67.3 Å². The number of hydrogen-bond acceptors (Lipinski definition) is 1. The van der Waals surface area contributed by atoms with Crippen molar-refractivity contribution in [3.8, 4) is 33.4 Å². The number of nitrogens with two attached hydrogens (primary N) is 1. The lowest BCUT2D eigenvalue weighted by Crippen LogP contribution is -2.10. The Morgan fingerprint density at radius 1 is 0.378 bits per heavy atom. The van der Waals surface area contributed by atoms with E-state index in [0.29, 0.717) is 0 Å². The first-order chi connectivity index (χ1) is 17.1. The molecule has 37 heavy (non-hydrogen) atoms. The largest absolute Gasteiger partial charge is 0.398 e. The van der Waals surface area contributed by atoms with Gasteiger partial charge in [-0.1, -0.05) is 135 Å². The Balaban J connectivity index is 1.88. The van der Waals surface area contributed by atoms with E-state index in [1.165, 1.54) is 27.8 Å². The zero-order chi connectivity index (χ0) is 27.2. The Bertz CT molecular complexity index is 1290. The second-order valence-corrected chi connectivity index (χ2v) is 13.5. The van der Waals surface area contributed by atoms with Crippen molar-refractivity contribution >= 4 is 5.69 Å². The molecule has 0 heterocycles. The first kappa shape index (κ1) is 26.7. The summed E-state index contributed by atoms with van der Waals surface area (Å²) in [5, 5.41) is 0. The molecule has 0 aromatic heterocycles. The van der Waals surface area contributed by atoms with Gasteiger partial charge in [0.15, 0.2) is 0 Å². The number of rotatable bonds is 3. The molecule has 4 aromatic carbocycles. The van der Waals surface area contributed by atoms with Crippen molar-refractivity contribution in [2.75, 3.05) is 5.73 Å². The van der Waals surface area contributed by atoms with E-state index in [0.717, 1.165) is 27.9 Å². The Hall–Kier alpha value is -3.32. The van der Waals surface area contributed by atoms with Gasteiger partial charge in [0.05, 0.1) is 0 Å². The van der Waals surface area contributed by atoms with E-state index in [1.807, 2.05) is 0 Å². The van der Waals surface area contributed by atoms with E-state index < -0.39 is 0 Å². The zero-order valence-corrected chi connectivity index (χ0v) is 24.2. The van der Waals surface area contributed by atoms with Gasteiger partial charge in [0.25, 0.3) is 0 Å². The van der Waals surface area contributed by atoms with Gasteiger partial charge in [0.2, 0.25) is 0 Å². The predicted octanol–water partition coefficient (Wildman–Crippen LogP) is 10.2.